The Balaban J connectivity index is 0.000000189. The van der Waals surface area contributed by atoms with E-state index in [4.69, 9.17) is 152 Å². The molecule has 0 saturated carbocycles. The number of aromatic hydroxyl groups is 1. The normalized spacial score (nSPS) is 13.5. The predicted octanol–water partition coefficient (Wildman–Crippen LogP) is 18.5. The quantitative estimate of drug-likeness (QED) is 0.0384. The van der Waals surface area contributed by atoms with E-state index >= 15 is 0 Å². The predicted molar refractivity (Wildman–Crippen MR) is 451 cm³/mol. The van der Waals surface area contributed by atoms with Gasteiger partial charge >= 0.3 is 23.2 Å². The zero-order chi connectivity index (χ0) is 82.9. The molecule has 117 heavy (non-hydrogen) atoms. The summed E-state index contributed by atoms with van der Waals surface area (Å²) in [7, 11) is 5.90. The van der Waals surface area contributed by atoms with E-state index in [0.29, 0.717) is 111 Å². The van der Waals surface area contributed by atoms with Crippen molar-refractivity contribution < 1.29 is 71.1 Å². The Labute approximate surface area is 714 Å². The number of benzene rings is 7. The van der Waals surface area contributed by atoms with Crippen molar-refractivity contribution in [3.05, 3.63) is 265 Å². The number of fused-ring (bicyclic) bond motifs is 3. The second kappa shape index (κ2) is 42.7. The van der Waals surface area contributed by atoms with E-state index in [1.165, 1.54) is 99.5 Å². The number of aliphatic hydroxyl groups excluding tert-OH is 2. The number of aryl methyl sites for hydroxylation is 2. The van der Waals surface area contributed by atoms with E-state index in [1.807, 2.05) is 68.4 Å². The minimum atomic E-state index is -4.43. The monoisotopic (exact) mass is 1790 g/mol. The second-order valence-electron chi connectivity index (χ2n) is 25.2. The third-order valence-corrected chi connectivity index (χ3v) is 20.0. The molecule has 0 amide bonds. The Morgan fingerprint density at radius 3 is 1.14 bits per heavy atom. The van der Waals surface area contributed by atoms with E-state index in [2.05, 4.69) is 32.5 Å². The van der Waals surface area contributed by atoms with Gasteiger partial charge in [0.15, 0.2) is 62.9 Å². The molecule has 0 radical (unpaired) electrons. The summed E-state index contributed by atoms with van der Waals surface area (Å²) in [6.45, 7) is 5.72. The number of aromatic amines is 1. The fraction of sp³-hybridized carbons (Fsp3) is 0.259. The first-order chi connectivity index (χ1) is 54.9. The van der Waals surface area contributed by atoms with E-state index in [9.17, 15) is 37.8 Å². The molecule has 8 heterocycles. The molecule has 2 saturated heterocycles. The van der Waals surface area contributed by atoms with Crippen molar-refractivity contribution in [1.82, 2.24) is 43.0 Å². The summed E-state index contributed by atoms with van der Waals surface area (Å²) in [6, 6.07) is 43.6. The zero-order valence-corrected chi connectivity index (χ0v) is 68.4. The molecule has 7 aromatic carbocycles. The molecular formula is C81H79Cl9F3N9O15. The molecule has 0 aliphatic carbocycles. The highest BCUT2D eigenvalue weighted by Crippen LogP contribution is 2.40. The Bertz CT molecular complexity index is 5690. The smallest absolute Gasteiger partial charge is 0.416 e. The van der Waals surface area contributed by atoms with E-state index < -0.39 is 29.6 Å². The van der Waals surface area contributed by atoms with Crippen LogP contribution in [0.15, 0.2) is 191 Å². The first-order valence-electron chi connectivity index (χ1n) is 34.4. The summed E-state index contributed by atoms with van der Waals surface area (Å²) in [6.07, 6.45) is -0.912. The lowest BCUT2D eigenvalue weighted by Crippen LogP contribution is -2.30. The maximum absolute atomic E-state index is 12.8. The molecule has 2 aliphatic heterocycles. The molecule has 15 rings (SSSR count). The molecule has 4 N–H and O–H groups in total. The minimum Gasteiger partial charge on any atom is -0.504 e. The van der Waals surface area contributed by atoms with Crippen LogP contribution in [0.3, 0.4) is 0 Å². The lowest BCUT2D eigenvalue weighted by atomic mass is 10.1. The Hall–Kier alpha value is -9.56. The van der Waals surface area contributed by atoms with Crippen molar-refractivity contribution in [2.45, 2.75) is 72.4 Å². The summed E-state index contributed by atoms with van der Waals surface area (Å²) >= 11 is 52.2. The first kappa shape index (κ1) is 92.9. The van der Waals surface area contributed by atoms with Crippen molar-refractivity contribution in [2.24, 2.45) is 0 Å². The number of ether oxygens (including phenoxy) is 9. The van der Waals surface area contributed by atoms with Crippen LogP contribution in [0.1, 0.15) is 31.5 Å². The highest BCUT2D eigenvalue weighted by molar-refractivity contribution is 6.43. The van der Waals surface area contributed by atoms with Gasteiger partial charge in [-0.05, 0) is 95.8 Å². The van der Waals surface area contributed by atoms with Crippen LogP contribution < -0.4 is 50.2 Å². The van der Waals surface area contributed by atoms with Crippen LogP contribution in [-0.4, -0.2) is 150 Å². The summed E-state index contributed by atoms with van der Waals surface area (Å²) in [5, 5.41) is 47.5. The average Bonchev–Trinajstić information content (AvgIpc) is 1.64. The molecule has 2 fully saturated rings. The number of phenolic OH excluding ortho intramolecular Hbond substituents is 1. The number of nitrogens with one attached hydrogen (secondary N) is 1. The third kappa shape index (κ3) is 25.5. The highest BCUT2D eigenvalue weighted by atomic mass is 35.5. The number of methoxy groups -OCH3 is 4. The number of alkyl halides is 4. The van der Waals surface area contributed by atoms with Gasteiger partial charge in [-0.15, -0.1) is 21.8 Å². The van der Waals surface area contributed by atoms with Gasteiger partial charge < -0.3 is 58.0 Å². The molecule has 36 heteroatoms. The molecule has 4 unspecified atom stereocenters. The summed E-state index contributed by atoms with van der Waals surface area (Å²) in [4.78, 5) is 37.1. The molecule has 6 aromatic heterocycles. The number of pyridine rings is 3. The van der Waals surface area contributed by atoms with Gasteiger partial charge in [0.2, 0.25) is 0 Å². The van der Waals surface area contributed by atoms with Gasteiger partial charge in [-0.25, -0.2) is 42.0 Å². The Morgan fingerprint density at radius 2 is 0.786 bits per heavy atom. The van der Waals surface area contributed by atoms with Crippen LogP contribution in [0.25, 0.3) is 50.3 Å². The van der Waals surface area contributed by atoms with Crippen LogP contribution in [-0.2, 0) is 28.7 Å². The van der Waals surface area contributed by atoms with Crippen LogP contribution in [0, 0.1) is 13.8 Å². The standard InChI is InChI=1S/C23H18Cl2F3N3O4.C23H21Cl2N3O4.C13H11N3O.C10H10Cl2O3.C7H6Cl2O2.C3H5ClO.2CH4/c1-34-19-8-17(24)18(25)9-20(19)35-12-16(32)11-31-22(33)30-10-14(4-7-21(30)29-31)13-2-5-15(6-3-13)23(26,27)28;1-14-3-5-15(6-4-14)16-7-8-22-26-28(23(30)27(22)11-16)12-17(29)13-32-21-10-19(25)18(24)9-20(21)31-2;1-9-2-4-10(5-3-9)11-6-7-12-14-15-13(17)16(12)8-11;1-13-9-2-7(11)8(12)3-10(9)15-5-6-4-14-6;1-11-7-3-5(9)4(8)2-6(7)10;4-1-3-2-5-3;;/h2-10,16,32H,11-12H2,1H3;3-11,17,29H,12-13H2,1-2H3;2-8H,1H3,(H,15,17);2-3,6H,4-5H2,1H3;2-3,10H,1H3;3H,1-2H2;2*1H4. The van der Waals surface area contributed by atoms with Gasteiger partial charge in [-0.3, -0.25) is 0 Å². The molecule has 0 spiro atoms. The van der Waals surface area contributed by atoms with Crippen molar-refractivity contribution in [1.29, 1.82) is 0 Å². The van der Waals surface area contributed by atoms with Crippen LogP contribution in [0.2, 0.25) is 40.2 Å². The van der Waals surface area contributed by atoms with Gasteiger partial charge in [0.05, 0.1) is 112 Å². The fourth-order valence-corrected chi connectivity index (χ4v) is 11.9. The van der Waals surface area contributed by atoms with Crippen molar-refractivity contribution in [2.75, 3.05) is 67.4 Å². The summed E-state index contributed by atoms with van der Waals surface area (Å²) in [5.41, 5.74) is 6.98. The number of hydrogen-bond donors (Lipinski definition) is 4. The zero-order valence-electron chi connectivity index (χ0n) is 61.6. The van der Waals surface area contributed by atoms with Gasteiger partial charge in [0.1, 0.15) is 38.1 Å². The van der Waals surface area contributed by atoms with Crippen LogP contribution >= 0.6 is 104 Å². The second-order valence-corrected chi connectivity index (χ2v) is 28.8. The topological polar surface area (TPSA) is 279 Å². The van der Waals surface area contributed by atoms with Gasteiger partial charge in [-0.1, -0.05) is 179 Å². The van der Waals surface area contributed by atoms with E-state index in [1.54, 1.807) is 49.8 Å². The lowest BCUT2D eigenvalue weighted by Gasteiger charge is -2.15. The maximum atomic E-state index is 12.8. The Morgan fingerprint density at radius 1 is 0.462 bits per heavy atom. The maximum Gasteiger partial charge on any atom is 0.416 e. The highest BCUT2D eigenvalue weighted by Gasteiger charge is 2.30. The number of epoxide rings is 2. The molecule has 4 atom stereocenters. The summed E-state index contributed by atoms with van der Waals surface area (Å²) in [5.74, 6) is 3.46. The number of hydrogen-bond acceptors (Lipinski definition) is 18. The Kier molecular flexibility index (Phi) is 33.9. The SMILES string of the molecule is C.C.COc1cc(Cl)c(Cl)cc1O.COc1cc(Cl)c(Cl)cc1OCC(O)Cn1nc2ccc(-c3ccc(C(F)(F)F)cc3)cn2c1=O.COc1cc(Cl)c(Cl)cc1OCC(O)Cn1nc2ccc(-c3ccc(C)cc3)cn2c1=O.COc1cc(Cl)c(Cl)cc1OCC1CO1.Cc1ccc(-c2ccc3n[nH]c(=O)n3c2)cc1.ClCC1CO1. The number of phenols is 1. The average molecular weight is 1790 g/mol. The van der Waals surface area contributed by atoms with Crippen LogP contribution in [0.5, 0.6) is 46.0 Å². The van der Waals surface area contributed by atoms with Crippen molar-refractivity contribution >= 4 is 121 Å². The molecular weight excluding hydrogens is 1720 g/mol. The fourth-order valence-electron chi connectivity index (χ4n) is 10.4. The number of H-pyrrole nitrogens is 1. The van der Waals surface area contributed by atoms with Gasteiger partial charge in [0, 0.05) is 67.1 Å². The van der Waals surface area contributed by atoms with Crippen LogP contribution in [0.4, 0.5) is 13.2 Å². The minimum absolute atomic E-state index is 0. The lowest BCUT2D eigenvalue weighted by molar-refractivity contribution is -0.137. The first-order valence-corrected chi connectivity index (χ1v) is 37.9. The number of aliphatic hydroxyl groups is 2. The number of nitrogens with zero attached hydrogens (tertiary/aromatic N) is 8. The number of rotatable bonds is 21. The van der Waals surface area contributed by atoms with E-state index in [0.717, 1.165) is 57.8 Å². The molecule has 622 valence electrons. The summed E-state index contributed by atoms with van der Waals surface area (Å²) < 4.78 is 91.7. The molecule has 2 aliphatic rings. The third-order valence-electron chi connectivity index (χ3n) is 16.8. The van der Waals surface area contributed by atoms with Gasteiger partial charge in [-0.2, -0.15) is 18.3 Å². The van der Waals surface area contributed by atoms with Crippen molar-refractivity contribution in [3.63, 3.8) is 0 Å². The van der Waals surface area contributed by atoms with Crippen molar-refractivity contribution in [3.8, 4) is 79.4 Å². The number of halogens is 12. The largest absolute Gasteiger partial charge is 0.504 e. The molecule has 24 nitrogen and oxygen atoms in total. The molecule has 0 bridgehead atoms. The molecule has 13 aromatic rings. The van der Waals surface area contributed by atoms with E-state index in [-0.39, 0.29) is 80.2 Å². The van der Waals surface area contributed by atoms with Gasteiger partial charge in [0.25, 0.3) is 0 Å². The number of aromatic nitrogens is 9.